The number of halogens is 1. The van der Waals surface area contributed by atoms with Crippen molar-refractivity contribution in [2.24, 2.45) is 0 Å². The third kappa shape index (κ3) is 3.63. The van der Waals surface area contributed by atoms with E-state index in [0.717, 1.165) is 22.6 Å². The fourth-order valence-corrected chi connectivity index (χ4v) is 3.41. The van der Waals surface area contributed by atoms with E-state index in [4.69, 9.17) is 11.6 Å². The van der Waals surface area contributed by atoms with Crippen LogP contribution in [0.2, 0.25) is 4.34 Å². The molecule has 3 rings (SSSR count). The number of aromatic amines is 1. The van der Waals surface area contributed by atoms with E-state index in [1.807, 2.05) is 43.6 Å². The number of carbonyl (C=O) groups excluding carboxylic acids is 1. The molecule has 0 radical (unpaired) electrons. The summed E-state index contributed by atoms with van der Waals surface area (Å²) in [5.41, 5.74) is 2.52. The lowest BCUT2D eigenvalue weighted by Crippen LogP contribution is -2.29. The van der Waals surface area contributed by atoms with Crippen LogP contribution in [0, 0.1) is 0 Å². The highest BCUT2D eigenvalue weighted by atomic mass is 35.5. The zero-order chi connectivity index (χ0) is 16.2. The molecule has 0 fully saturated rings. The summed E-state index contributed by atoms with van der Waals surface area (Å²) in [7, 11) is 1.81. The predicted octanol–water partition coefficient (Wildman–Crippen LogP) is 4.11. The molecule has 0 atom stereocenters. The van der Waals surface area contributed by atoms with E-state index in [1.165, 1.54) is 11.3 Å². The van der Waals surface area contributed by atoms with Crippen molar-refractivity contribution in [1.29, 1.82) is 0 Å². The molecule has 0 aliphatic rings. The number of carbonyl (C=O) groups is 1. The smallest absolute Gasteiger partial charge is 0.255 e. The predicted molar refractivity (Wildman–Crippen MR) is 94.0 cm³/mol. The number of nitrogens with zero attached hydrogens (tertiary/aromatic N) is 2. The van der Waals surface area contributed by atoms with Crippen molar-refractivity contribution in [1.82, 2.24) is 14.9 Å². The zero-order valence-corrected chi connectivity index (χ0v) is 14.2. The Balaban J connectivity index is 1.72. The minimum absolute atomic E-state index is 0.0123. The molecule has 3 aromatic heterocycles. The standard InChI is InChI=1S/C17H16ClN3OS/c1-21(9-7-12-4-2-3-8-20-12)17(22)14-11-19-10-13(14)15-5-6-16(18)23-15/h2-6,8,10-11,19H,7,9H2,1H3. The largest absolute Gasteiger partial charge is 0.366 e. The Hall–Kier alpha value is -2.11. The van der Waals surface area contributed by atoms with Crippen LogP contribution in [-0.4, -0.2) is 34.4 Å². The van der Waals surface area contributed by atoms with Crippen LogP contribution >= 0.6 is 22.9 Å². The zero-order valence-electron chi connectivity index (χ0n) is 12.6. The lowest BCUT2D eigenvalue weighted by molar-refractivity contribution is 0.0797. The number of thiophene rings is 1. The molecule has 0 aliphatic heterocycles. The summed E-state index contributed by atoms with van der Waals surface area (Å²) in [6.07, 6.45) is 6.07. The molecule has 0 spiro atoms. The van der Waals surface area contributed by atoms with E-state index >= 15 is 0 Å². The fraction of sp³-hybridized carbons (Fsp3) is 0.176. The van der Waals surface area contributed by atoms with Gasteiger partial charge in [0.15, 0.2) is 0 Å². The summed E-state index contributed by atoms with van der Waals surface area (Å²) in [6.45, 7) is 0.617. The minimum Gasteiger partial charge on any atom is -0.366 e. The van der Waals surface area contributed by atoms with Crippen LogP contribution in [0.4, 0.5) is 0 Å². The summed E-state index contributed by atoms with van der Waals surface area (Å²) >= 11 is 7.46. The topological polar surface area (TPSA) is 49.0 Å². The Morgan fingerprint density at radius 2 is 2.17 bits per heavy atom. The minimum atomic E-state index is -0.0123. The maximum Gasteiger partial charge on any atom is 0.255 e. The molecule has 0 saturated heterocycles. The molecule has 1 N–H and O–H groups in total. The lowest BCUT2D eigenvalue weighted by atomic mass is 10.1. The number of hydrogen-bond acceptors (Lipinski definition) is 3. The van der Waals surface area contributed by atoms with Crippen LogP contribution in [0.25, 0.3) is 10.4 Å². The van der Waals surface area contributed by atoms with Gasteiger partial charge in [0.05, 0.1) is 9.90 Å². The van der Waals surface area contributed by atoms with Crippen LogP contribution in [0.15, 0.2) is 48.9 Å². The van der Waals surface area contributed by atoms with Gasteiger partial charge < -0.3 is 9.88 Å². The van der Waals surface area contributed by atoms with Gasteiger partial charge in [-0.3, -0.25) is 9.78 Å². The molecule has 0 bridgehead atoms. The van der Waals surface area contributed by atoms with Crippen molar-refractivity contribution in [3.8, 4) is 10.4 Å². The van der Waals surface area contributed by atoms with Gasteiger partial charge in [-0.1, -0.05) is 17.7 Å². The number of hydrogen-bond donors (Lipinski definition) is 1. The Kier molecular flexibility index (Phi) is 4.79. The van der Waals surface area contributed by atoms with Gasteiger partial charge in [0, 0.05) is 54.7 Å². The van der Waals surface area contributed by atoms with Gasteiger partial charge in [0.1, 0.15) is 0 Å². The first-order valence-electron chi connectivity index (χ1n) is 7.23. The summed E-state index contributed by atoms with van der Waals surface area (Å²) in [5.74, 6) is -0.0123. The van der Waals surface area contributed by atoms with Crippen LogP contribution < -0.4 is 0 Å². The molecule has 0 aromatic carbocycles. The highest BCUT2D eigenvalue weighted by molar-refractivity contribution is 7.19. The van der Waals surface area contributed by atoms with Crippen LogP contribution in [0.5, 0.6) is 0 Å². The average Bonchev–Trinajstić information content (AvgIpc) is 3.21. The van der Waals surface area contributed by atoms with Gasteiger partial charge in [-0.15, -0.1) is 11.3 Å². The number of aromatic nitrogens is 2. The SMILES string of the molecule is CN(CCc1ccccn1)C(=O)c1c[nH]cc1-c1ccc(Cl)s1. The molecule has 3 heterocycles. The van der Waals surface area contributed by atoms with E-state index in [-0.39, 0.29) is 5.91 Å². The lowest BCUT2D eigenvalue weighted by Gasteiger charge is -2.17. The Labute approximate surface area is 143 Å². The van der Waals surface area contributed by atoms with Gasteiger partial charge in [-0.05, 0) is 24.3 Å². The van der Waals surface area contributed by atoms with Crippen molar-refractivity contribution in [2.75, 3.05) is 13.6 Å². The maximum atomic E-state index is 12.7. The van der Waals surface area contributed by atoms with E-state index in [9.17, 15) is 4.79 Å². The number of pyridine rings is 1. The molecular formula is C17H16ClN3OS. The first-order chi connectivity index (χ1) is 11.1. The highest BCUT2D eigenvalue weighted by Crippen LogP contribution is 2.33. The van der Waals surface area contributed by atoms with Crippen molar-refractivity contribution < 1.29 is 4.79 Å². The maximum absolute atomic E-state index is 12.7. The average molecular weight is 346 g/mol. The normalized spacial score (nSPS) is 10.7. The van der Waals surface area contributed by atoms with Crippen molar-refractivity contribution >= 4 is 28.8 Å². The highest BCUT2D eigenvalue weighted by Gasteiger charge is 2.18. The molecular weight excluding hydrogens is 330 g/mol. The first kappa shape index (κ1) is 15.8. The number of nitrogens with one attached hydrogen (secondary N) is 1. The van der Waals surface area contributed by atoms with Gasteiger partial charge in [-0.25, -0.2) is 0 Å². The summed E-state index contributed by atoms with van der Waals surface area (Å²) in [6, 6.07) is 9.58. The molecule has 0 aliphatic carbocycles. The second kappa shape index (κ2) is 6.98. The summed E-state index contributed by atoms with van der Waals surface area (Å²) in [4.78, 5) is 22.7. The summed E-state index contributed by atoms with van der Waals surface area (Å²) in [5, 5.41) is 0. The van der Waals surface area contributed by atoms with E-state index in [0.29, 0.717) is 16.4 Å². The third-order valence-electron chi connectivity index (χ3n) is 3.59. The fourth-order valence-electron chi connectivity index (χ4n) is 2.34. The van der Waals surface area contributed by atoms with Gasteiger partial charge >= 0.3 is 0 Å². The van der Waals surface area contributed by atoms with Crippen molar-refractivity contribution in [3.05, 3.63) is 64.5 Å². The Bertz CT molecular complexity index is 797. The molecule has 6 heteroatoms. The second-order valence-electron chi connectivity index (χ2n) is 5.18. The van der Waals surface area contributed by atoms with Crippen LogP contribution in [-0.2, 0) is 6.42 Å². The van der Waals surface area contributed by atoms with Crippen LogP contribution in [0.3, 0.4) is 0 Å². The molecule has 23 heavy (non-hydrogen) atoms. The monoisotopic (exact) mass is 345 g/mol. The summed E-state index contributed by atoms with van der Waals surface area (Å²) < 4.78 is 0.711. The number of likely N-dealkylation sites (N-methyl/N-ethyl adjacent to an activating group) is 1. The van der Waals surface area contributed by atoms with Crippen molar-refractivity contribution in [2.45, 2.75) is 6.42 Å². The molecule has 118 valence electrons. The van der Waals surface area contributed by atoms with Gasteiger partial charge in [-0.2, -0.15) is 0 Å². The van der Waals surface area contributed by atoms with Gasteiger partial charge in [0.2, 0.25) is 0 Å². The van der Waals surface area contributed by atoms with E-state index < -0.39 is 0 Å². The number of H-pyrrole nitrogens is 1. The van der Waals surface area contributed by atoms with Gasteiger partial charge in [0.25, 0.3) is 5.91 Å². The third-order valence-corrected chi connectivity index (χ3v) is 4.86. The van der Waals surface area contributed by atoms with E-state index in [1.54, 1.807) is 17.3 Å². The van der Waals surface area contributed by atoms with Crippen molar-refractivity contribution in [3.63, 3.8) is 0 Å². The Morgan fingerprint density at radius 1 is 1.30 bits per heavy atom. The molecule has 0 unspecified atom stereocenters. The number of amides is 1. The molecule has 0 saturated carbocycles. The molecule has 4 nitrogen and oxygen atoms in total. The molecule has 3 aromatic rings. The van der Waals surface area contributed by atoms with Crippen LogP contribution in [0.1, 0.15) is 16.1 Å². The number of rotatable bonds is 5. The van der Waals surface area contributed by atoms with E-state index in [2.05, 4.69) is 9.97 Å². The molecule has 1 amide bonds. The Morgan fingerprint density at radius 3 is 2.87 bits per heavy atom. The second-order valence-corrected chi connectivity index (χ2v) is 6.90. The quantitative estimate of drug-likeness (QED) is 0.756. The first-order valence-corrected chi connectivity index (χ1v) is 8.42.